The van der Waals surface area contributed by atoms with Gasteiger partial charge < -0.3 is 5.32 Å². The highest BCUT2D eigenvalue weighted by atomic mass is 19.4. The van der Waals surface area contributed by atoms with Gasteiger partial charge in [0, 0.05) is 6.54 Å². The summed E-state index contributed by atoms with van der Waals surface area (Å²) in [5, 5.41) is 1.99. The SMILES string of the molecule is C=C(CCCCCC)CC(CC)(CCCC)CCCNC(=O)C(F)(F)F. The number of rotatable bonds is 15. The third-order valence-corrected chi connectivity index (χ3v) is 5.25. The number of carbonyl (C=O) groups is 1. The van der Waals surface area contributed by atoms with Crippen LogP contribution in [-0.2, 0) is 4.79 Å². The number of halogens is 3. The highest BCUT2D eigenvalue weighted by molar-refractivity contribution is 5.81. The second-order valence-electron chi connectivity index (χ2n) is 7.55. The zero-order valence-electron chi connectivity index (χ0n) is 16.9. The van der Waals surface area contributed by atoms with E-state index in [1.807, 2.05) is 5.32 Å². The molecule has 2 nitrogen and oxygen atoms in total. The lowest BCUT2D eigenvalue weighted by atomic mass is 9.71. The van der Waals surface area contributed by atoms with Crippen molar-refractivity contribution in [3.8, 4) is 0 Å². The first-order chi connectivity index (χ1) is 12.2. The van der Waals surface area contributed by atoms with Gasteiger partial charge in [-0.05, 0) is 43.9 Å². The van der Waals surface area contributed by atoms with Crippen molar-refractivity contribution in [2.24, 2.45) is 5.41 Å². The van der Waals surface area contributed by atoms with Crippen molar-refractivity contribution < 1.29 is 18.0 Å². The fourth-order valence-corrected chi connectivity index (χ4v) is 3.52. The normalized spacial score (nSPS) is 14.1. The molecular formula is C21H38F3NO. The Morgan fingerprint density at radius 3 is 2.08 bits per heavy atom. The molecule has 0 rings (SSSR count). The van der Waals surface area contributed by atoms with Crippen LogP contribution >= 0.6 is 0 Å². The van der Waals surface area contributed by atoms with E-state index < -0.39 is 12.1 Å². The highest BCUT2D eigenvalue weighted by Crippen LogP contribution is 2.40. The van der Waals surface area contributed by atoms with E-state index in [0.717, 1.165) is 44.9 Å². The largest absolute Gasteiger partial charge is 0.471 e. The lowest BCUT2D eigenvalue weighted by Gasteiger charge is -2.34. The number of amides is 1. The van der Waals surface area contributed by atoms with Crippen LogP contribution in [-0.4, -0.2) is 18.6 Å². The molecule has 1 N–H and O–H groups in total. The Morgan fingerprint density at radius 2 is 1.54 bits per heavy atom. The summed E-state index contributed by atoms with van der Waals surface area (Å²) >= 11 is 0. The lowest BCUT2D eigenvalue weighted by Crippen LogP contribution is -2.37. The van der Waals surface area contributed by atoms with Crippen molar-refractivity contribution in [2.45, 2.75) is 104 Å². The molecule has 0 saturated heterocycles. The Kier molecular flexibility index (Phi) is 12.7. The molecular weight excluding hydrogens is 339 g/mol. The molecule has 5 heteroatoms. The Bertz CT molecular complexity index is 407. The molecule has 154 valence electrons. The van der Waals surface area contributed by atoms with Crippen LogP contribution in [0.2, 0.25) is 0 Å². The zero-order valence-corrected chi connectivity index (χ0v) is 16.9. The summed E-state index contributed by atoms with van der Waals surface area (Å²) in [5.41, 5.74) is 1.36. The highest BCUT2D eigenvalue weighted by Gasteiger charge is 2.38. The van der Waals surface area contributed by atoms with Gasteiger partial charge >= 0.3 is 12.1 Å². The molecule has 0 bridgehead atoms. The maximum Gasteiger partial charge on any atom is 0.471 e. The van der Waals surface area contributed by atoms with Crippen molar-refractivity contribution in [3.05, 3.63) is 12.2 Å². The van der Waals surface area contributed by atoms with Crippen LogP contribution in [0, 0.1) is 5.41 Å². The monoisotopic (exact) mass is 377 g/mol. The second-order valence-corrected chi connectivity index (χ2v) is 7.55. The van der Waals surface area contributed by atoms with Crippen LogP contribution < -0.4 is 5.32 Å². The molecule has 0 aromatic carbocycles. The molecule has 0 aromatic heterocycles. The Hall–Kier alpha value is -1.00. The molecule has 1 amide bonds. The molecule has 0 fully saturated rings. The topological polar surface area (TPSA) is 29.1 Å². The van der Waals surface area contributed by atoms with Crippen molar-refractivity contribution in [1.82, 2.24) is 5.32 Å². The molecule has 0 aliphatic heterocycles. The molecule has 0 heterocycles. The van der Waals surface area contributed by atoms with Crippen LogP contribution in [0.3, 0.4) is 0 Å². The van der Waals surface area contributed by atoms with Crippen LogP contribution in [0.5, 0.6) is 0 Å². The molecule has 0 radical (unpaired) electrons. The first kappa shape index (κ1) is 25.0. The van der Waals surface area contributed by atoms with E-state index in [1.54, 1.807) is 0 Å². The number of alkyl halides is 3. The second kappa shape index (κ2) is 13.2. The van der Waals surface area contributed by atoms with Gasteiger partial charge in [-0.15, -0.1) is 0 Å². The summed E-state index contributed by atoms with van der Waals surface area (Å²) in [6, 6.07) is 0. The standard InChI is InChI=1S/C21H38F3NO/c1-5-8-10-11-13-18(4)17-20(7-3,14-9-6-2)15-12-16-25-19(26)21(22,23)24/h4-17H2,1-3H3,(H,25,26). The number of allylic oxidation sites excluding steroid dienone is 1. The van der Waals surface area contributed by atoms with Gasteiger partial charge in [-0.2, -0.15) is 13.2 Å². The van der Waals surface area contributed by atoms with Gasteiger partial charge in [-0.25, -0.2) is 0 Å². The van der Waals surface area contributed by atoms with Crippen molar-refractivity contribution in [1.29, 1.82) is 0 Å². The van der Waals surface area contributed by atoms with Gasteiger partial charge in [0.2, 0.25) is 0 Å². The van der Waals surface area contributed by atoms with Crippen LogP contribution in [0.4, 0.5) is 13.2 Å². The van der Waals surface area contributed by atoms with E-state index in [9.17, 15) is 18.0 Å². The van der Waals surface area contributed by atoms with Gasteiger partial charge in [0.1, 0.15) is 0 Å². The Labute approximate surface area is 158 Å². The molecule has 1 atom stereocenters. The van der Waals surface area contributed by atoms with Gasteiger partial charge in [0.05, 0.1) is 0 Å². The average molecular weight is 378 g/mol. The minimum absolute atomic E-state index is 0.0786. The van der Waals surface area contributed by atoms with E-state index >= 15 is 0 Å². The molecule has 1 unspecified atom stereocenters. The fourth-order valence-electron chi connectivity index (χ4n) is 3.52. The average Bonchev–Trinajstić information content (AvgIpc) is 2.59. The molecule has 26 heavy (non-hydrogen) atoms. The van der Waals surface area contributed by atoms with Crippen molar-refractivity contribution in [2.75, 3.05) is 6.54 Å². The third-order valence-electron chi connectivity index (χ3n) is 5.25. The van der Waals surface area contributed by atoms with E-state index in [2.05, 4.69) is 27.4 Å². The van der Waals surface area contributed by atoms with E-state index in [-0.39, 0.29) is 12.0 Å². The summed E-state index contributed by atoms with van der Waals surface area (Å²) in [5.74, 6) is -1.84. The van der Waals surface area contributed by atoms with E-state index in [4.69, 9.17) is 0 Å². The zero-order chi connectivity index (χ0) is 20.1. The Morgan fingerprint density at radius 1 is 0.923 bits per heavy atom. The summed E-state index contributed by atoms with van der Waals surface area (Å²) in [6.45, 7) is 10.9. The van der Waals surface area contributed by atoms with Crippen LogP contribution in [0.15, 0.2) is 12.2 Å². The van der Waals surface area contributed by atoms with Gasteiger partial charge in [0.15, 0.2) is 0 Å². The van der Waals surface area contributed by atoms with Gasteiger partial charge in [-0.1, -0.05) is 71.4 Å². The number of hydrogen-bond acceptors (Lipinski definition) is 1. The molecule has 0 aliphatic carbocycles. The van der Waals surface area contributed by atoms with E-state index in [0.29, 0.717) is 6.42 Å². The first-order valence-corrected chi connectivity index (χ1v) is 10.2. The fraction of sp³-hybridized carbons (Fsp3) is 0.857. The number of carbonyl (C=O) groups excluding carboxylic acids is 1. The maximum atomic E-state index is 12.3. The summed E-state index contributed by atoms with van der Waals surface area (Å²) in [4.78, 5) is 10.9. The number of unbranched alkanes of at least 4 members (excludes halogenated alkanes) is 4. The van der Waals surface area contributed by atoms with Gasteiger partial charge in [-0.3, -0.25) is 4.79 Å². The number of hydrogen-bond donors (Lipinski definition) is 1. The minimum Gasteiger partial charge on any atom is -0.348 e. The summed E-state index contributed by atoms with van der Waals surface area (Å²) in [6.07, 6.45) is 7.74. The number of nitrogens with one attached hydrogen (secondary N) is 1. The lowest BCUT2D eigenvalue weighted by molar-refractivity contribution is -0.173. The third kappa shape index (κ3) is 10.9. The quantitative estimate of drug-likeness (QED) is 0.243. The molecule has 0 aromatic rings. The Balaban J connectivity index is 4.56. The van der Waals surface area contributed by atoms with Crippen molar-refractivity contribution >= 4 is 5.91 Å². The summed E-state index contributed by atoms with van der Waals surface area (Å²) in [7, 11) is 0. The van der Waals surface area contributed by atoms with E-state index in [1.165, 1.54) is 31.3 Å². The predicted molar refractivity (Wildman–Crippen MR) is 103 cm³/mol. The molecule has 0 aliphatic rings. The predicted octanol–water partition coefficient (Wildman–Crippen LogP) is 6.95. The molecule has 0 spiro atoms. The molecule has 0 saturated carbocycles. The first-order valence-electron chi connectivity index (χ1n) is 10.2. The van der Waals surface area contributed by atoms with Crippen molar-refractivity contribution in [3.63, 3.8) is 0 Å². The maximum absolute atomic E-state index is 12.3. The van der Waals surface area contributed by atoms with Crippen LogP contribution in [0.1, 0.15) is 97.8 Å². The van der Waals surface area contributed by atoms with Gasteiger partial charge in [0.25, 0.3) is 0 Å². The smallest absolute Gasteiger partial charge is 0.348 e. The van der Waals surface area contributed by atoms with Crippen LogP contribution in [0.25, 0.3) is 0 Å². The summed E-state index contributed by atoms with van der Waals surface area (Å²) < 4.78 is 36.8. The minimum atomic E-state index is -4.79.